The van der Waals surface area contributed by atoms with Crippen LogP contribution in [0.15, 0.2) is 40.9 Å². The molecule has 1 heterocycles. The number of nitriles is 1. The van der Waals surface area contributed by atoms with Crippen LogP contribution in [-0.2, 0) is 4.74 Å². The fourth-order valence-corrected chi connectivity index (χ4v) is 5.79. The summed E-state index contributed by atoms with van der Waals surface area (Å²) in [4.78, 5) is 25.7. The first-order valence-electron chi connectivity index (χ1n) is 11.5. The van der Waals surface area contributed by atoms with E-state index in [1.54, 1.807) is 4.90 Å². The molecule has 10 heteroatoms. The van der Waals surface area contributed by atoms with Crippen molar-refractivity contribution in [1.82, 2.24) is 0 Å². The summed E-state index contributed by atoms with van der Waals surface area (Å²) < 4.78 is 11.8. The Labute approximate surface area is 212 Å². The number of nitrogens with one attached hydrogen (secondary N) is 1. The SMILES string of the molecule is CCOc1cccc(N2CC3(CCCC(C)(CNc4cc(C#N)cc(Br)c4[N+](=O)[O-])C3)OC2=O)c1. The molecule has 0 bridgehead atoms. The van der Waals surface area contributed by atoms with E-state index in [1.165, 1.54) is 12.1 Å². The molecule has 35 heavy (non-hydrogen) atoms. The second-order valence-electron chi connectivity index (χ2n) is 9.49. The van der Waals surface area contributed by atoms with Gasteiger partial charge in [0.05, 0.1) is 39.9 Å². The zero-order valence-corrected chi connectivity index (χ0v) is 21.3. The van der Waals surface area contributed by atoms with Gasteiger partial charge in [-0.3, -0.25) is 15.0 Å². The van der Waals surface area contributed by atoms with E-state index in [4.69, 9.17) is 9.47 Å². The van der Waals surface area contributed by atoms with Crippen molar-refractivity contribution in [2.75, 3.05) is 29.9 Å². The fourth-order valence-electron chi connectivity index (χ4n) is 5.19. The van der Waals surface area contributed by atoms with Gasteiger partial charge in [-0.05, 0) is 78.2 Å². The van der Waals surface area contributed by atoms with Gasteiger partial charge in [0, 0.05) is 12.6 Å². The highest BCUT2D eigenvalue weighted by atomic mass is 79.9. The van der Waals surface area contributed by atoms with Crippen LogP contribution >= 0.6 is 15.9 Å². The van der Waals surface area contributed by atoms with Gasteiger partial charge in [0.25, 0.3) is 0 Å². The van der Waals surface area contributed by atoms with E-state index in [1.807, 2.05) is 37.3 Å². The Morgan fingerprint density at radius 1 is 1.34 bits per heavy atom. The van der Waals surface area contributed by atoms with E-state index in [9.17, 15) is 20.2 Å². The molecule has 9 nitrogen and oxygen atoms in total. The quantitative estimate of drug-likeness (QED) is 0.335. The molecule has 2 fully saturated rings. The van der Waals surface area contributed by atoms with Gasteiger partial charge in [-0.2, -0.15) is 5.26 Å². The van der Waals surface area contributed by atoms with Crippen LogP contribution in [0.4, 0.5) is 21.9 Å². The molecule has 184 valence electrons. The number of nitro groups is 1. The predicted molar refractivity (Wildman–Crippen MR) is 135 cm³/mol. The number of ether oxygens (including phenoxy) is 2. The summed E-state index contributed by atoms with van der Waals surface area (Å²) in [6, 6.07) is 12.4. The van der Waals surface area contributed by atoms with Gasteiger partial charge < -0.3 is 14.8 Å². The van der Waals surface area contributed by atoms with Crippen LogP contribution in [0.3, 0.4) is 0 Å². The molecule has 1 spiro atoms. The first-order valence-corrected chi connectivity index (χ1v) is 12.3. The summed E-state index contributed by atoms with van der Waals surface area (Å²) >= 11 is 3.21. The van der Waals surface area contributed by atoms with Crippen molar-refractivity contribution in [2.45, 2.75) is 45.1 Å². The molecule has 1 saturated heterocycles. The molecule has 0 aromatic heterocycles. The average Bonchev–Trinajstić information content (AvgIpc) is 3.12. The first-order chi connectivity index (χ1) is 16.7. The van der Waals surface area contributed by atoms with Crippen molar-refractivity contribution in [1.29, 1.82) is 5.26 Å². The van der Waals surface area contributed by atoms with Crippen LogP contribution in [0.25, 0.3) is 0 Å². The number of nitrogens with zero attached hydrogens (tertiary/aromatic N) is 3. The lowest BCUT2D eigenvalue weighted by molar-refractivity contribution is -0.384. The number of carbonyl (C=O) groups is 1. The molecule has 1 saturated carbocycles. The number of hydrogen-bond acceptors (Lipinski definition) is 7. The summed E-state index contributed by atoms with van der Waals surface area (Å²) in [6.07, 6.45) is 2.74. The fraction of sp³-hybridized carbons (Fsp3) is 0.440. The first kappa shape index (κ1) is 24.8. The van der Waals surface area contributed by atoms with Gasteiger partial charge >= 0.3 is 11.8 Å². The number of hydrogen-bond donors (Lipinski definition) is 1. The summed E-state index contributed by atoms with van der Waals surface area (Å²) in [5, 5.41) is 24.1. The lowest BCUT2D eigenvalue weighted by Gasteiger charge is -2.43. The molecular weight excluding hydrogens is 516 g/mol. The Kier molecular flexibility index (Phi) is 6.90. The highest BCUT2D eigenvalue weighted by Gasteiger charge is 2.51. The van der Waals surface area contributed by atoms with Crippen molar-refractivity contribution in [3.63, 3.8) is 0 Å². The maximum atomic E-state index is 12.9. The largest absolute Gasteiger partial charge is 0.494 e. The third-order valence-electron chi connectivity index (χ3n) is 6.65. The molecule has 0 radical (unpaired) electrons. The standard InChI is InChI=1S/C25H27BrN4O5/c1-3-34-19-7-4-6-18(12-19)29-16-25(35-23(29)31)9-5-8-24(2,14-25)15-28-21-11-17(13-27)10-20(26)22(21)30(32)33/h4,6-7,10-12,28H,3,5,8-9,14-16H2,1-2H3. The summed E-state index contributed by atoms with van der Waals surface area (Å²) in [7, 11) is 0. The molecule has 2 aliphatic rings. The minimum atomic E-state index is -0.631. The summed E-state index contributed by atoms with van der Waals surface area (Å²) in [5.74, 6) is 0.698. The monoisotopic (exact) mass is 542 g/mol. The Hall–Kier alpha value is -3.32. The van der Waals surface area contributed by atoms with Crippen molar-refractivity contribution in [2.24, 2.45) is 5.41 Å². The lowest BCUT2D eigenvalue weighted by Crippen LogP contribution is -2.46. The van der Waals surface area contributed by atoms with Crippen LogP contribution < -0.4 is 15.0 Å². The average molecular weight is 543 g/mol. The van der Waals surface area contributed by atoms with Gasteiger partial charge in [-0.25, -0.2) is 4.79 Å². The lowest BCUT2D eigenvalue weighted by atomic mass is 9.68. The van der Waals surface area contributed by atoms with Gasteiger partial charge in [-0.1, -0.05) is 13.0 Å². The third-order valence-corrected chi connectivity index (χ3v) is 7.26. The molecule has 4 rings (SSSR count). The molecule has 1 aliphatic carbocycles. The van der Waals surface area contributed by atoms with Crippen molar-refractivity contribution < 1.29 is 19.2 Å². The predicted octanol–water partition coefficient (Wildman–Crippen LogP) is 6.02. The molecular formula is C25H27BrN4O5. The number of benzene rings is 2. The zero-order valence-electron chi connectivity index (χ0n) is 19.7. The topological polar surface area (TPSA) is 118 Å². The molecule has 1 amide bonds. The third kappa shape index (κ3) is 5.20. The normalized spacial score (nSPS) is 23.6. The highest BCUT2D eigenvalue weighted by molar-refractivity contribution is 9.10. The Balaban J connectivity index is 1.52. The second-order valence-corrected chi connectivity index (χ2v) is 10.3. The minimum absolute atomic E-state index is 0.106. The zero-order chi connectivity index (χ0) is 25.2. The van der Waals surface area contributed by atoms with Crippen LogP contribution in [-0.4, -0.2) is 36.3 Å². The maximum absolute atomic E-state index is 12.9. The van der Waals surface area contributed by atoms with Crippen LogP contribution in [0, 0.1) is 26.9 Å². The molecule has 2 unspecified atom stereocenters. The summed E-state index contributed by atoms with van der Waals surface area (Å²) in [6.45, 7) is 5.42. The van der Waals surface area contributed by atoms with E-state index in [-0.39, 0.29) is 21.7 Å². The van der Waals surface area contributed by atoms with Crippen molar-refractivity contribution in [3.8, 4) is 11.8 Å². The number of nitro benzene ring substituents is 1. The van der Waals surface area contributed by atoms with Gasteiger partial charge in [0.2, 0.25) is 0 Å². The number of anilines is 2. The smallest absolute Gasteiger partial charge is 0.415 e. The number of rotatable bonds is 7. The Morgan fingerprint density at radius 2 is 2.14 bits per heavy atom. The van der Waals surface area contributed by atoms with Gasteiger partial charge in [0.15, 0.2) is 0 Å². The van der Waals surface area contributed by atoms with Gasteiger partial charge in [0.1, 0.15) is 17.0 Å². The number of carbonyl (C=O) groups excluding carboxylic acids is 1. The van der Waals surface area contributed by atoms with E-state index < -0.39 is 10.5 Å². The second kappa shape index (κ2) is 9.74. The van der Waals surface area contributed by atoms with Crippen molar-refractivity contribution >= 4 is 39.1 Å². The summed E-state index contributed by atoms with van der Waals surface area (Å²) in [5.41, 5.74) is 0.339. The molecule has 2 atom stereocenters. The van der Waals surface area contributed by atoms with Crippen molar-refractivity contribution in [3.05, 3.63) is 56.5 Å². The highest BCUT2D eigenvalue weighted by Crippen LogP contribution is 2.47. The Bertz CT molecular complexity index is 1200. The molecule has 2 aromatic rings. The van der Waals surface area contributed by atoms with E-state index in [2.05, 4.69) is 28.2 Å². The van der Waals surface area contributed by atoms with E-state index >= 15 is 0 Å². The van der Waals surface area contributed by atoms with Crippen LogP contribution in [0.1, 0.15) is 45.1 Å². The van der Waals surface area contributed by atoms with E-state index in [0.717, 1.165) is 24.9 Å². The van der Waals surface area contributed by atoms with Crippen LogP contribution in [0.2, 0.25) is 0 Å². The van der Waals surface area contributed by atoms with Crippen LogP contribution in [0.5, 0.6) is 5.75 Å². The molecule has 1 N–H and O–H groups in total. The minimum Gasteiger partial charge on any atom is -0.494 e. The van der Waals surface area contributed by atoms with Gasteiger partial charge in [-0.15, -0.1) is 0 Å². The number of amides is 1. The molecule has 2 aromatic carbocycles. The molecule has 1 aliphatic heterocycles. The Morgan fingerprint density at radius 3 is 2.86 bits per heavy atom. The maximum Gasteiger partial charge on any atom is 0.415 e. The number of halogens is 1. The van der Waals surface area contributed by atoms with E-state index in [0.29, 0.717) is 43.1 Å².